The molecule has 0 radical (unpaired) electrons. The van der Waals surface area contributed by atoms with Crippen LogP contribution in [0.15, 0.2) is 46.1 Å². The summed E-state index contributed by atoms with van der Waals surface area (Å²) in [5.74, 6) is 1.76. The van der Waals surface area contributed by atoms with E-state index >= 15 is 0 Å². The van der Waals surface area contributed by atoms with Crippen LogP contribution in [0, 0.1) is 0 Å². The summed E-state index contributed by atoms with van der Waals surface area (Å²) in [5.41, 5.74) is 6.80. The first kappa shape index (κ1) is 17.1. The quantitative estimate of drug-likeness (QED) is 0.473. The van der Waals surface area contributed by atoms with E-state index in [1.165, 1.54) is 14.2 Å². The van der Waals surface area contributed by atoms with Crippen LogP contribution in [0.2, 0.25) is 0 Å². The number of ether oxygens (including phenoxy) is 2. The van der Waals surface area contributed by atoms with Gasteiger partial charge < -0.3 is 24.9 Å². The lowest BCUT2D eigenvalue weighted by atomic mass is 10.2. The van der Waals surface area contributed by atoms with Gasteiger partial charge >= 0.3 is 6.01 Å². The maximum Gasteiger partial charge on any atom is 0.319 e. The van der Waals surface area contributed by atoms with E-state index in [0.717, 1.165) is 0 Å². The van der Waals surface area contributed by atoms with E-state index < -0.39 is 0 Å². The Balaban J connectivity index is 2.36. The summed E-state index contributed by atoms with van der Waals surface area (Å²) in [6, 6.07) is 3.78. The molecular formula is C16H19N5O3. The van der Waals surface area contributed by atoms with Gasteiger partial charge in [0.15, 0.2) is 5.96 Å². The van der Waals surface area contributed by atoms with Crippen molar-refractivity contribution >= 4 is 12.0 Å². The number of allylic oxidation sites excluding steroid dienone is 1. The minimum atomic E-state index is 0.216. The van der Waals surface area contributed by atoms with Gasteiger partial charge in [-0.05, 0) is 18.2 Å². The molecule has 0 aliphatic heterocycles. The molecule has 0 unspecified atom stereocenters. The van der Waals surface area contributed by atoms with Crippen molar-refractivity contribution < 1.29 is 13.9 Å². The van der Waals surface area contributed by atoms with Crippen molar-refractivity contribution in [3.05, 3.63) is 42.4 Å². The molecule has 0 amide bonds. The van der Waals surface area contributed by atoms with E-state index in [9.17, 15) is 0 Å². The van der Waals surface area contributed by atoms with Crippen molar-refractivity contribution in [2.45, 2.75) is 0 Å². The Hall–Kier alpha value is -3.29. The molecule has 0 saturated heterocycles. The van der Waals surface area contributed by atoms with Crippen molar-refractivity contribution in [1.29, 1.82) is 0 Å². The van der Waals surface area contributed by atoms with Crippen LogP contribution in [0.4, 0.5) is 0 Å². The maximum absolute atomic E-state index is 5.78. The second-order valence-electron chi connectivity index (χ2n) is 4.50. The fraction of sp³-hybridized carbons (Fsp3) is 0.188. The molecule has 126 valence electrons. The molecule has 8 heteroatoms. The molecular weight excluding hydrogens is 310 g/mol. The molecule has 0 aromatic carbocycles. The molecule has 2 heterocycles. The number of hydrogen-bond donors (Lipinski definition) is 2. The van der Waals surface area contributed by atoms with E-state index in [2.05, 4.69) is 26.9 Å². The third-order valence-electron chi connectivity index (χ3n) is 3.00. The molecule has 3 N–H and O–H groups in total. The Labute approximate surface area is 139 Å². The van der Waals surface area contributed by atoms with Crippen molar-refractivity contribution in [3.63, 3.8) is 0 Å². The summed E-state index contributed by atoms with van der Waals surface area (Å²) in [7, 11) is 4.68. The summed E-state index contributed by atoms with van der Waals surface area (Å²) < 4.78 is 16.0. The Morgan fingerprint density at radius 3 is 2.79 bits per heavy atom. The number of nitrogens with two attached hydrogens (primary N) is 1. The average Bonchev–Trinajstić information content (AvgIpc) is 3.08. The van der Waals surface area contributed by atoms with Crippen LogP contribution in [-0.2, 0) is 0 Å². The topological polar surface area (TPSA) is 108 Å². The van der Waals surface area contributed by atoms with Gasteiger partial charge in [-0.3, -0.25) is 0 Å². The Kier molecular flexibility index (Phi) is 5.56. The lowest BCUT2D eigenvalue weighted by Gasteiger charge is -2.05. The number of nitrogens with one attached hydrogen (secondary N) is 1. The van der Waals surface area contributed by atoms with Gasteiger partial charge in [-0.15, -0.1) is 0 Å². The van der Waals surface area contributed by atoms with Crippen molar-refractivity contribution in [3.8, 4) is 23.2 Å². The average molecular weight is 329 g/mol. The van der Waals surface area contributed by atoms with Gasteiger partial charge in [0.05, 0.1) is 25.5 Å². The molecule has 0 aliphatic carbocycles. The zero-order valence-electron chi connectivity index (χ0n) is 13.7. The molecule has 2 aromatic rings. The number of furan rings is 1. The van der Waals surface area contributed by atoms with E-state index in [-0.39, 0.29) is 12.0 Å². The minimum absolute atomic E-state index is 0.216. The van der Waals surface area contributed by atoms with E-state index in [1.807, 2.05) is 0 Å². The SMILES string of the molecule is C=CC(=C\c1ccc(-c2cnc(OC)nc2OC)o1)/N=C(/N)NC. The van der Waals surface area contributed by atoms with Crippen molar-refractivity contribution in [2.75, 3.05) is 21.3 Å². The Morgan fingerprint density at radius 1 is 1.38 bits per heavy atom. The van der Waals surface area contributed by atoms with Crippen LogP contribution in [0.5, 0.6) is 11.9 Å². The lowest BCUT2D eigenvalue weighted by Crippen LogP contribution is -2.27. The highest BCUT2D eigenvalue weighted by Crippen LogP contribution is 2.30. The molecule has 0 fully saturated rings. The molecule has 0 atom stereocenters. The van der Waals surface area contributed by atoms with Crippen LogP contribution < -0.4 is 20.5 Å². The largest absolute Gasteiger partial charge is 0.480 e. The number of aliphatic imine (C=N–C) groups is 1. The Bertz CT molecular complexity index is 780. The van der Waals surface area contributed by atoms with Crippen LogP contribution in [-0.4, -0.2) is 37.2 Å². The van der Waals surface area contributed by atoms with Gasteiger partial charge in [-0.25, -0.2) is 9.98 Å². The molecule has 24 heavy (non-hydrogen) atoms. The van der Waals surface area contributed by atoms with Gasteiger partial charge in [-0.1, -0.05) is 6.58 Å². The number of methoxy groups -OCH3 is 2. The second kappa shape index (κ2) is 7.82. The molecule has 0 spiro atoms. The van der Waals surface area contributed by atoms with Gasteiger partial charge in [0.25, 0.3) is 0 Å². The Morgan fingerprint density at radius 2 is 2.17 bits per heavy atom. The summed E-state index contributed by atoms with van der Waals surface area (Å²) in [4.78, 5) is 12.3. The third-order valence-corrected chi connectivity index (χ3v) is 3.00. The first-order chi connectivity index (χ1) is 11.6. The number of nitrogens with zero attached hydrogens (tertiary/aromatic N) is 3. The molecule has 2 aromatic heterocycles. The van der Waals surface area contributed by atoms with Crippen LogP contribution in [0.1, 0.15) is 5.76 Å². The van der Waals surface area contributed by atoms with Gasteiger partial charge in [0, 0.05) is 19.3 Å². The molecule has 0 saturated carbocycles. The van der Waals surface area contributed by atoms with E-state index in [4.69, 9.17) is 19.6 Å². The molecule has 0 bridgehead atoms. The highest BCUT2D eigenvalue weighted by atomic mass is 16.5. The zero-order chi connectivity index (χ0) is 17.5. The molecule has 8 nitrogen and oxygen atoms in total. The highest BCUT2D eigenvalue weighted by Gasteiger charge is 2.13. The van der Waals surface area contributed by atoms with Crippen LogP contribution >= 0.6 is 0 Å². The smallest absolute Gasteiger partial charge is 0.319 e. The summed E-state index contributed by atoms with van der Waals surface area (Å²) in [6.07, 6.45) is 4.85. The maximum atomic E-state index is 5.78. The number of rotatable bonds is 6. The first-order valence-electron chi connectivity index (χ1n) is 7.02. The summed E-state index contributed by atoms with van der Waals surface area (Å²) in [5, 5.41) is 2.74. The second-order valence-corrected chi connectivity index (χ2v) is 4.50. The fourth-order valence-corrected chi connectivity index (χ4v) is 1.83. The fourth-order valence-electron chi connectivity index (χ4n) is 1.83. The summed E-state index contributed by atoms with van der Waals surface area (Å²) in [6.45, 7) is 3.70. The predicted octanol–water partition coefficient (Wildman–Crippen LogP) is 1.81. The van der Waals surface area contributed by atoms with Gasteiger partial charge in [0.1, 0.15) is 11.5 Å². The first-order valence-corrected chi connectivity index (χ1v) is 7.02. The van der Waals surface area contributed by atoms with Crippen molar-refractivity contribution in [1.82, 2.24) is 15.3 Å². The van der Waals surface area contributed by atoms with E-state index in [1.54, 1.807) is 37.5 Å². The van der Waals surface area contributed by atoms with Crippen molar-refractivity contribution in [2.24, 2.45) is 10.7 Å². The van der Waals surface area contributed by atoms with Gasteiger partial charge in [-0.2, -0.15) is 4.98 Å². The van der Waals surface area contributed by atoms with Gasteiger partial charge in [0.2, 0.25) is 5.88 Å². The minimum Gasteiger partial charge on any atom is -0.480 e. The highest BCUT2D eigenvalue weighted by molar-refractivity contribution is 5.79. The standard InChI is InChI=1S/C16H19N5O3/c1-5-10(20-15(17)18-2)8-11-6-7-13(24-11)12-9-19-16(23-4)21-14(12)22-3/h5-9H,1H2,2-4H3,(H3,17,18,20)/b10-8+. The number of guanidine groups is 1. The monoisotopic (exact) mass is 329 g/mol. The normalized spacial score (nSPS) is 12.0. The van der Waals surface area contributed by atoms with Crippen LogP contribution in [0.25, 0.3) is 17.4 Å². The summed E-state index contributed by atoms with van der Waals surface area (Å²) >= 11 is 0. The third kappa shape index (κ3) is 3.92. The molecule has 2 rings (SSSR count). The number of aromatic nitrogens is 2. The lowest BCUT2D eigenvalue weighted by molar-refractivity contribution is 0.352. The predicted molar refractivity (Wildman–Crippen MR) is 91.7 cm³/mol. The van der Waals surface area contributed by atoms with Crippen LogP contribution in [0.3, 0.4) is 0 Å². The zero-order valence-corrected chi connectivity index (χ0v) is 13.7. The van der Waals surface area contributed by atoms with E-state index in [0.29, 0.717) is 28.7 Å². The number of hydrogen-bond acceptors (Lipinski definition) is 6. The molecule has 0 aliphatic rings.